The largest absolute Gasteiger partial charge is 0.498 e. The van der Waals surface area contributed by atoms with E-state index in [2.05, 4.69) is 39.0 Å². The van der Waals surface area contributed by atoms with Gasteiger partial charge in [-0.05, 0) is 40.5 Å². The zero-order chi connectivity index (χ0) is 14.4. The smallest absolute Gasteiger partial charge is 0.399 e. The molecule has 1 aromatic heterocycles. The van der Waals surface area contributed by atoms with Gasteiger partial charge in [-0.15, -0.1) is 0 Å². The molecule has 2 fully saturated rings. The van der Waals surface area contributed by atoms with Crippen molar-refractivity contribution in [2.24, 2.45) is 0 Å². The highest BCUT2D eigenvalue weighted by Crippen LogP contribution is 2.36. The molecular formula is C14H23BN2O3. The molecule has 2 aliphatic heterocycles. The van der Waals surface area contributed by atoms with Crippen molar-refractivity contribution < 1.29 is 14.0 Å². The minimum Gasteiger partial charge on any atom is -0.399 e. The van der Waals surface area contributed by atoms with E-state index < -0.39 is 0 Å². The van der Waals surface area contributed by atoms with E-state index in [1.165, 1.54) is 0 Å². The third-order valence-corrected chi connectivity index (χ3v) is 4.71. The van der Waals surface area contributed by atoms with Crippen molar-refractivity contribution in [3.8, 4) is 0 Å². The first-order valence-corrected chi connectivity index (χ1v) is 7.36. The van der Waals surface area contributed by atoms with E-state index in [9.17, 15) is 0 Å². The molecule has 0 radical (unpaired) electrons. The predicted molar refractivity (Wildman–Crippen MR) is 77.0 cm³/mol. The summed E-state index contributed by atoms with van der Waals surface area (Å²) in [5.41, 5.74) is 0.381. The van der Waals surface area contributed by atoms with E-state index in [0.29, 0.717) is 6.04 Å². The van der Waals surface area contributed by atoms with E-state index in [4.69, 9.17) is 14.0 Å². The molecule has 0 amide bonds. The summed E-state index contributed by atoms with van der Waals surface area (Å²) in [6.07, 6.45) is 5.95. The highest BCUT2D eigenvalue weighted by Gasteiger charge is 2.52. The van der Waals surface area contributed by atoms with Crippen molar-refractivity contribution in [2.75, 3.05) is 13.2 Å². The summed E-state index contributed by atoms with van der Waals surface area (Å²) in [7, 11) is -0.325. The van der Waals surface area contributed by atoms with Gasteiger partial charge in [0.15, 0.2) is 0 Å². The van der Waals surface area contributed by atoms with Crippen molar-refractivity contribution in [2.45, 2.75) is 57.8 Å². The molecule has 0 aromatic carbocycles. The number of nitrogens with zero attached hydrogens (tertiary/aromatic N) is 2. The Labute approximate surface area is 120 Å². The molecule has 0 saturated carbocycles. The Morgan fingerprint density at radius 2 is 1.75 bits per heavy atom. The maximum atomic E-state index is 6.05. The second-order valence-electron chi connectivity index (χ2n) is 6.69. The second kappa shape index (κ2) is 4.86. The summed E-state index contributed by atoms with van der Waals surface area (Å²) in [6.45, 7) is 9.89. The number of hydrogen-bond donors (Lipinski definition) is 0. The van der Waals surface area contributed by atoms with E-state index in [-0.39, 0.29) is 18.3 Å². The van der Waals surface area contributed by atoms with Gasteiger partial charge in [0.2, 0.25) is 0 Å². The number of hydrogen-bond acceptors (Lipinski definition) is 4. The van der Waals surface area contributed by atoms with Crippen LogP contribution < -0.4 is 5.46 Å². The van der Waals surface area contributed by atoms with Crippen molar-refractivity contribution in [3.05, 3.63) is 12.4 Å². The fourth-order valence-electron chi connectivity index (χ4n) is 2.60. The van der Waals surface area contributed by atoms with Gasteiger partial charge in [-0.3, -0.25) is 4.68 Å². The van der Waals surface area contributed by atoms with Gasteiger partial charge in [-0.2, -0.15) is 5.10 Å². The van der Waals surface area contributed by atoms with Gasteiger partial charge < -0.3 is 14.0 Å². The highest BCUT2D eigenvalue weighted by molar-refractivity contribution is 6.61. The van der Waals surface area contributed by atoms with Gasteiger partial charge in [0.05, 0.1) is 17.2 Å². The summed E-state index contributed by atoms with van der Waals surface area (Å²) in [4.78, 5) is 0. The molecule has 0 atom stereocenters. The molecule has 1 aromatic rings. The fraction of sp³-hybridized carbons (Fsp3) is 0.786. The molecule has 3 rings (SSSR count). The molecule has 0 bridgehead atoms. The first kappa shape index (κ1) is 14.1. The quantitative estimate of drug-likeness (QED) is 0.770. The van der Waals surface area contributed by atoms with Crippen molar-refractivity contribution >= 4 is 12.6 Å². The van der Waals surface area contributed by atoms with Crippen LogP contribution in [0.1, 0.15) is 46.6 Å². The number of rotatable bonds is 2. The Morgan fingerprint density at radius 3 is 2.35 bits per heavy atom. The summed E-state index contributed by atoms with van der Waals surface area (Å²) >= 11 is 0. The Balaban J connectivity index is 1.74. The van der Waals surface area contributed by atoms with Gasteiger partial charge in [0.25, 0.3) is 0 Å². The van der Waals surface area contributed by atoms with Gasteiger partial charge in [0, 0.05) is 31.1 Å². The van der Waals surface area contributed by atoms with Crippen molar-refractivity contribution in [3.63, 3.8) is 0 Å². The summed E-state index contributed by atoms with van der Waals surface area (Å²) in [6, 6.07) is 0.430. The van der Waals surface area contributed by atoms with Crippen LogP contribution in [0.25, 0.3) is 0 Å². The van der Waals surface area contributed by atoms with E-state index in [1.807, 2.05) is 10.9 Å². The summed E-state index contributed by atoms with van der Waals surface area (Å²) < 4.78 is 19.5. The van der Waals surface area contributed by atoms with Crippen LogP contribution in [0.15, 0.2) is 12.4 Å². The van der Waals surface area contributed by atoms with Crippen LogP contribution in [0, 0.1) is 0 Å². The topological polar surface area (TPSA) is 45.5 Å². The van der Waals surface area contributed by atoms with Crippen LogP contribution in [0.2, 0.25) is 0 Å². The average molecular weight is 278 g/mol. The SMILES string of the molecule is CC1(C)OB(c2cnn(C3CCOCC3)c2)OC1(C)C. The third kappa shape index (κ3) is 2.40. The molecule has 3 heterocycles. The Bertz CT molecular complexity index is 465. The normalized spacial score (nSPS) is 26.1. The first-order chi connectivity index (χ1) is 9.39. The van der Waals surface area contributed by atoms with Crippen LogP contribution in [0.3, 0.4) is 0 Å². The van der Waals surface area contributed by atoms with Crippen LogP contribution in [0.4, 0.5) is 0 Å². The standard InChI is InChI=1S/C14H23BN2O3/c1-13(2)14(3,4)20-15(19-13)11-9-16-17(10-11)12-5-7-18-8-6-12/h9-10,12H,5-8H2,1-4H3. The van der Waals surface area contributed by atoms with Crippen LogP contribution in [-0.4, -0.2) is 41.3 Å². The van der Waals surface area contributed by atoms with Crippen molar-refractivity contribution in [1.82, 2.24) is 9.78 Å². The summed E-state index contributed by atoms with van der Waals surface area (Å²) in [5, 5.41) is 4.48. The lowest BCUT2D eigenvalue weighted by Gasteiger charge is -2.32. The number of aromatic nitrogens is 2. The molecule has 0 spiro atoms. The molecule has 0 aliphatic carbocycles. The maximum absolute atomic E-state index is 6.05. The molecule has 0 N–H and O–H groups in total. The number of ether oxygens (including phenoxy) is 1. The minimum absolute atomic E-state index is 0.307. The molecule has 2 saturated heterocycles. The Hall–Kier alpha value is -0.845. The predicted octanol–water partition coefficient (Wildman–Crippen LogP) is 1.53. The van der Waals surface area contributed by atoms with E-state index in [0.717, 1.165) is 31.5 Å². The second-order valence-corrected chi connectivity index (χ2v) is 6.69. The van der Waals surface area contributed by atoms with Crippen molar-refractivity contribution in [1.29, 1.82) is 0 Å². The molecule has 0 unspecified atom stereocenters. The maximum Gasteiger partial charge on any atom is 0.498 e. The zero-order valence-electron chi connectivity index (χ0n) is 12.8. The monoisotopic (exact) mass is 278 g/mol. The minimum atomic E-state index is -0.325. The zero-order valence-corrected chi connectivity index (χ0v) is 12.8. The molecule has 2 aliphatic rings. The van der Waals surface area contributed by atoms with E-state index in [1.54, 1.807) is 0 Å². The lowest BCUT2D eigenvalue weighted by molar-refractivity contribution is 0.00578. The van der Waals surface area contributed by atoms with Gasteiger partial charge in [0.1, 0.15) is 0 Å². The Morgan fingerprint density at radius 1 is 1.15 bits per heavy atom. The van der Waals surface area contributed by atoms with Gasteiger partial charge >= 0.3 is 7.12 Å². The lowest BCUT2D eigenvalue weighted by Crippen LogP contribution is -2.41. The lowest BCUT2D eigenvalue weighted by atomic mass is 9.82. The molecule has 5 nitrogen and oxygen atoms in total. The third-order valence-electron chi connectivity index (χ3n) is 4.71. The average Bonchev–Trinajstić information content (AvgIpc) is 2.94. The van der Waals surface area contributed by atoms with Crippen LogP contribution >= 0.6 is 0 Å². The fourth-order valence-corrected chi connectivity index (χ4v) is 2.60. The van der Waals surface area contributed by atoms with Crippen LogP contribution in [-0.2, 0) is 14.0 Å². The molecule has 20 heavy (non-hydrogen) atoms. The van der Waals surface area contributed by atoms with Gasteiger partial charge in [-0.25, -0.2) is 0 Å². The van der Waals surface area contributed by atoms with Crippen LogP contribution in [0.5, 0.6) is 0 Å². The molecular weight excluding hydrogens is 255 g/mol. The first-order valence-electron chi connectivity index (χ1n) is 7.36. The summed E-state index contributed by atoms with van der Waals surface area (Å²) in [5.74, 6) is 0. The highest BCUT2D eigenvalue weighted by atomic mass is 16.7. The molecule has 110 valence electrons. The van der Waals surface area contributed by atoms with E-state index >= 15 is 0 Å². The Kier molecular flexibility index (Phi) is 3.43. The molecule has 6 heteroatoms. The van der Waals surface area contributed by atoms with Gasteiger partial charge in [-0.1, -0.05) is 0 Å².